The van der Waals surface area contributed by atoms with Crippen molar-refractivity contribution >= 4 is 39.1 Å². The number of alkyl halides is 3. The normalized spacial score (nSPS) is 11.7. The third-order valence-corrected chi connectivity index (χ3v) is 5.53. The number of H-pyrrole nitrogens is 2. The molecule has 5 rings (SSSR count). The van der Waals surface area contributed by atoms with Gasteiger partial charge in [-0.15, -0.1) is 4.91 Å². The Bertz CT molecular complexity index is 1580. The molecule has 170 valence electrons. The summed E-state index contributed by atoms with van der Waals surface area (Å²) < 4.78 is 39.9. The number of carbonyl (C=O) groups excluding carboxylic acids is 1. The smallest absolute Gasteiger partial charge is 0.417 e. The molecule has 0 saturated heterocycles. The molecule has 0 radical (unpaired) electrons. The zero-order chi connectivity index (χ0) is 24.0. The zero-order valence-electron chi connectivity index (χ0n) is 17.2. The molecule has 0 aliphatic carbocycles. The van der Waals surface area contributed by atoms with Gasteiger partial charge in [-0.05, 0) is 41.6 Å². The standard InChI is InChI=1S/C24H15F3N4O3/c25-24(26,27)16-7-3-1-5-13(16)22(32)28-12-9-10-18-15(11-12)19(23(33)30-18)21-20(31-34)14-6-2-4-8-17(14)29-21/h1-11,29-30,33H,(H,28,32). The molecule has 1 amide bonds. The number of nitroso groups, excluding NO2 is 1. The molecular formula is C24H15F3N4O3. The molecule has 4 N–H and O–H groups in total. The van der Waals surface area contributed by atoms with Gasteiger partial charge < -0.3 is 20.4 Å². The molecule has 34 heavy (non-hydrogen) atoms. The molecule has 0 saturated carbocycles. The van der Waals surface area contributed by atoms with E-state index < -0.39 is 23.2 Å². The minimum Gasteiger partial charge on any atom is -0.494 e. The maximum absolute atomic E-state index is 13.3. The molecule has 3 aromatic carbocycles. The Hall–Kier alpha value is -4.60. The topological polar surface area (TPSA) is 110 Å². The van der Waals surface area contributed by atoms with Gasteiger partial charge in [0, 0.05) is 27.5 Å². The van der Waals surface area contributed by atoms with Gasteiger partial charge in [-0.2, -0.15) is 13.2 Å². The molecule has 0 unspecified atom stereocenters. The third kappa shape index (κ3) is 3.45. The van der Waals surface area contributed by atoms with E-state index in [-0.39, 0.29) is 28.5 Å². The van der Waals surface area contributed by atoms with E-state index >= 15 is 0 Å². The van der Waals surface area contributed by atoms with Crippen molar-refractivity contribution in [2.45, 2.75) is 6.18 Å². The van der Waals surface area contributed by atoms with Gasteiger partial charge >= 0.3 is 6.18 Å². The van der Waals surface area contributed by atoms with Gasteiger partial charge in [0.1, 0.15) is 5.69 Å². The second-order valence-electron chi connectivity index (χ2n) is 7.59. The number of fused-ring (bicyclic) bond motifs is 2. The summed E-state index contributed by atoms with van der Waals surface area (Å²) in [5, 5.41) is 17.2. The number of para-hydroxylation sites is 1. The van der Waals surface area contributed by atoms with Crippen LogP contribution in [0.4, 0.5) is 24.5 Å². The second kappa shape index (κ2) is 7.77. The first-order valence-electron chi connectivity index (χ1n) is 10.0. The third-order valence-electron chi connectivity index (χ3n) is 5.53. The van der Waals surface area contributed by atoms with Gasteiger partial charge in [-0.25, -0.2) is 0 Å². The van der Waals surface area contributed by atoms with Gasteiger partial charge in [0.25, 0.3) is 5.91 Å². The number of halogens is 3. The van der Waals surface area contributed by atoms with Gasteiger partial charge in [-0.3, -0.25) is 4.79 Å². The van der Waals surface area contributed by atoms with Gasteiger partial charge in [0.05, 0.1) is 22.4 Å². The largest absolute Gasteiger partial charge is 0.494 e. The fourth-order valence-electron chi connectivity index (χ4n) is 4.04. The van der Waals surface area contributed by atoms with E-state index in [9.17, 15) is 28.0 Å². The Kier molecular flexibility index (Phi) is 4.85. The summed E-state index contributed by atoms with van der Waals surface area (Å²) in [6.45, 7) is 0. The Morgan fingerprint density at radius 3 is 2.38 bits per heavy atom. The van der Waals surface area contributed by atoms with Crippen LogP contribution in [0.5, 0.6) is 5.88 Å². The summed E-state index contributed by atoms with van der Waals surface area (Å²) in [5.74, 6) is -1.17. The molecule has 0 bridgehead atoms. The minimum absolute atomic E-state index is 0.0975. The van der Waals surface area contributed by atoms with Crippen molar-refractivity contribution in [1.82, 2.24) is 9.97 Å². The number of carbonyl (C=O) groups is 1. The average Bonchev–Trinajstić information content (AvgIpc) is 3.34. The van der Waals surface area contributed by atoms with Crippen molar-refractivity contribution in [2.75, 3.05) is 5.32 Å². The fraction of sp³-hybridized carbons (Fsp3) is 0.0417. The molecular weight excluding hydrogens is 449 g/mol. The summed E-state index contributed by atoms with van der Waals surface area (Å²) in [5.41, 5.74) is 0.361. The van der Waals surface area contributed by atoms with Crippen molar-refractivity contribution in [3.63, 3.8) is 0 Å². The van der Waals surface area contributed by atoms with Crippen LogP contribution in [0.3, 0.4) is 0 Å². The van der Waals surface area contributed by atoms with Crippen molar-refractivity contribution in [2.24, 2.45) is 5.18 Å². The number of hydrogen-bond acceptors (Lipinski definition) is 4. The zero-order valence-corrected chi connectivity index (χ0v) is 17.2. The summed E-state index contributed by atoms with van der Waals surface area (Å²) in [4.78, 5) is 30.1. The number of hydrogen-bond donors (Lipinski definition) is 4. The maximum Gasteiger partial charge on any atom is 0.417 e. The van der Waals surface area contributed by atoms with Crippen molar-refractivity contribution in [3.05, 3.63) is 82.8 Å². The SMILES string of the molecule is O=Nc1c(-c2c(O)[nH]c3ccc(NC(=O)c4ccccc4C(F)(F)F)cc23)[nH]c2ccccc12. The molecule has 0 fully saturated rings. The van der Waals surface area contributed by atoms with E-state index in [4.69, 9.17) is 0 Å². The monoisotopic (exact) mass is 464 g/mol. The van der Waals surface area contributed by atoms with Crippen LogP contribution in [0.1, 0.15) is 15.9 Å². The highest BCUT2D eigenvalue weighted by molar-refractivity contribution is 6.10. The first-order valence-corrected chi connectivity index (χ1v) is 10.0. The Morgan fingerprint density at radius 2 is 1.62 bits per heavy atom. The van der Waals surface area contributed by atoms with Crippen LogP contribution in [0.15, 0.2) is 71.9 Å². The minimum atomic E-state index is -4.69. The summed E-state index contributed by atoms with van der Waals surface area (Å²) in [7, 11) is 0. The van der Waals surface area contributed by atoms with Crippen LogP contribution in [-0.2, 0) is 6.18 Å². The van der Waals surface area contributed by atoms with Crippen LogP contribution in [0, 0.1) is 4.91 Å². The quantitative estimate of drug-likeness (QED) is 0.222. The number of aromatic amines is 2. The lowest BCUT2D eigenvalue weighted by Gasteiger charge is -2.12. The number of benzene rings is 3. The number of nitrogens with one attached hydrogen (secondary N) is 3. The first-order chi connectivity index (χ1) is 16.3. The number of aromatic nitrogens is 2. The lowest BCUT2D eigenvalue weighted by molar-refractivity contribution is -0.137. The lowest BCUT2D eigenvalue weighted by Crippen LogP contribution is -2.18. The molecule has 0 spiro atoms. The fourth-order valence-corrected chi connectivity index (χ4v) is 4.04. The van der Waals surface area contributed by atoms with E-state index in [0.717, 1.165) is 12.1 Å². The van der Waals surface area contributed by atoms with Crippen LogP contribution in [-0.4, -0.2) is 21.0 Å². The Morgan fingerprint density at radius 1 is 0.912 bits per heavy atom. The number of nitrogens with zero attached hydrogens (tertiary/aromatic N) is 1. The van der Waals surface area contributed by atoms with Crippen LogP contribution in [0.2, 0.25) is 0 Å². The van der Waals surface area contributed by atoms with E-state index in [1.54, 1.807) is 30.3 Å². The molecule has 0 aliphatic rings. The highest BCUT2D eigenvalue weighted by atomic mass is 19.4. The predicted octanol–water partition coefficient (Wildman–Crippen LogP) is 6.69. The summed E-state index contributed by atoms with van der Waals surface area (Å²) in [6.07, 6.45) is -4.69. The molecule has 5 aromatic rings. The highest BCUT2D eigenvalue weighted by Gasteiger charge is 2.35. The molecule has 7 nitrogen and oxygen atoms in total. The molecule has 0 aliphatic heterocycles. The van der Waals surface area contributed by atoms with E-state index in [1.807, 2.05) is 0 Å². The van der Waals surface area contributed by atoms with Crippen LogP contribution in [0.25, 0.3) is 33.1 Å². The molecule has 2 heterocycles. The second-order valence-corrected chi connectivity index (χ2v) is 7.59. The van der Waals surface area contributed by atoms with Crippen molar-refractivity contribution in [1.29, 1.82) is 0 Å². The summed E-state index contributed by atoms with van der Waals surface area (Å²) in [6, 6.07) is 16.0. The average molecular weight is 464 g/mol. The molecule has 0 atom stereocenters. The number of rotatable bonds is 4. The lowest BCUT2D eigenvalue weighted by atomic mass is 10.1. The Balaban J connectivity index is 1.59. The van der Waals surface area contributed by atoms with Gasteiger partial charge in [0.2, 0.25) is 0 Å². The van der Waals surface area contributed by atoms with E-state index in [1.165, 1.54) is 24.3 Å². The molecule has 10 heteroatoms. The summed E-state index contributed by atoms with van der Waals surface area (Å²) >= 11 is 0. The van der Waals surface area contributed by atoms with Crippen molar-refractivity contribution in [3.8, 4) is 17.1 Å². The van der Waals surface area contributed by atoms with Gasteiger partial charge in [-0.1, -0.05) is 30.3 Å². The number of aromatic hydroxyl groups is 1. The van der Waals surface area contributed by atoms with Crippen LogP contribution < -0.4 is 5.32 Å². The van der Waals surface area contributed by atoms with Crippen LogP contribution >= 0.6 is 0 Å². The highest BCUT2D eigenvalue weighted by Crippen LogP contribution is 2.44. The maximum atomic E-state index is 13.3. The molecule has 2 aromatic heterocycles. The van der Waals surface area contributed by atoms with Crippen molar-refractivity contribution < 1.29 is 23.1 Å². The predicted molar refractivity (Wildman–Crippen MR) is 122 cm³/mol. The Labute approximate surface area is 189 Å². The van der Waals surface area contributed by atoms with E-state index in [2.05, 4.69) is 20.5 Å². The van der Waals surface area contributed by atoms with E-state index in [0.29, 0.717) is 21.8 Å². The number of anilines is 1. The first kappa shape index (κ1) is 21.3. The number of amides is 1. The van der Waals surface area contributed by atoms with Gasteiger partial charge in [0.15, 0.2) is 5.88 Å².